The van der Waals surface area contributed by atoms with Crippen molar-refractivity contribution in [1.82, 2.24) is 4.98 Å². The van der Waals surface area contributed by atoms with Crippen molar-refractivity contribution in [2.24, 2.45) is 5.73 Å². The molecule has 0 aliphatic heterocycles. The lowest BCUT2D eigenvalue weighted by atomic mass is 10.1. The number of amides is 2. The molecule has 0 radical (unpaired) electrons. The zero-order valence-corrected chi connectivity index (χ0v) is 16.9. The minimum Gasteiger partial charge on any atom is -0.369 e. The Bertz CT molecular complexity index is 927. The van der Waals surface area contributed by atoms with Gasteiger partial charge in [-0.3, -0.25) is 9.59 Å². The van der Waals surface area contributed by atoms with Gasteiger partial charge in [0.05, 0.1) is 5.75 Å². The lowest BCUT2D eigenvalue weighted by molar-refractivity contribution is -0.116. The van der Waals surface area contributed by atoms with E-state index in [2.05, 4.69) is 22.4 Å². The van der Waals surface area contributed by atoms with Gasteiger partial charge in [0, 0.05) is 12.0 Å². The van der Waals surface area contributed by atoms with Gasteiger partial charge in [-0.25, -0.2) is 4.98 Å². The molecule has 28 heavy (non-hydrogen) atoms. The van der Waals surface area contributed by atoms with Crippen molar-refractivity contribution in [1.29, 1.82) is 0 Å². The van der Waals surface area contributed by atoms with E-state index >= 15 is 0 Å². The van der Waals surface area contributed by atoms with Gasteiger partial charge in [-0.05, 0) is 18.4 Å². The number of carbonyl (C=O) groups excluding carboxylic acids is 2. The maximum atomic E-state index is 12.4. The molecular weight excluding hydrogens is 390 g/mol. The first-order chi connectivity index (χ1) is 13.6. The highest BCUT2D eigenvalue weighted by molar-refractivity contribution is 8.01. The summed E-state index contributed by atoms with van der Waals surface area (Å²) < 4.78 is 0.706. The fourth-order valence-corrected chi connectivity index (χ4v) is 4.48. The maximum absolute atomic E-state index is 12.4. The number of nitrogens with one attached hydrogen (secondary N) is 1. The number of thiazole rings is 1. The van der Waals surface area contributed by atoms with Crippen LogP contribution in [0.2, 0.25) is 0 Å². The molecule has 0 fully saturated rings. The van der Waals surface area contributed by atoms with Crippen molar-refractivity contribution in [2.75, 3.05) is 11.1 Å². The molecule has 3 aromatic rings. The minimum absolute atomic E-state index is 0.0387. The molecule has 0 bridgehead atoms. The first-order valence-electron chi connectivity index (χ1n) is 8.93. The largest absolute Gasteiger partial charge is 0.369 e. The minimum atomic E-state index is -0.395. The Morgan fingerprint density at radius 2 is 1.71 bits per heavy atom. The Hall–Kier alpha value is -2.64. The van der Waals surface area contributed by atoms with Crippen molar-refractivity contribution in [2.45, 2.75) is 23.6 Å². The Morgan fingerprint density at radius 1 is 1.04 bits per heavy atom. The number of anilines is 1. The number of carbonyl (C=O) groups is 2. The van der Waals surface area contributed by atoms with Crippen LogP contribution in [-0.4, -0.2) is 22.6 Å². The highest BCUT2D eigenvalue weighted by Crippen LogP contribution is 2.37. The smallest absolute Gasteiger partial charge is 0.227 e. The van der Waals surface area contributed by atoms with Gasteiger partial charge in [0.25, 0.3) is 0 Å². The highest BCUT2D eigenvalue weighted by Gasteiger charge is 2.16. The third-order valence-corrected chi connectivity index (χ3v) is 6.09. The van der Waals surface area contributed by atoms with Gasteiger partial charge in [-0.2, -0.15) is 0 Å². The lowest BCUT2D eigenvalue weighted by Gasteiger charge is -2.05. The standard InChI is InChI=1S/C21H21N3O2S2/c22-17(25)14-27-21-24-19(16-11-5-2-6-12-16)20(28-21)23-18(26)13-7-10-15-8-3-1-4-9-15/h1-6,8-9,11-12H,7,10,13-14H2,(H2,22,25)(H,23,26). The molecule has 2 aromatic carbocycles. The molecule has 0 unspecified atom stereocenters. The van der Waals surface area contributed by atoms with Gasteiger partial charge in [0.2, 0.25) is 11.8 Å². The van der Waals surface area contributed by atoms with E-state index in [9.17, 15) is 9.59 Å². The monoisotopic (exact) mass is 411 g/mol. The molecule has 7 heteroatoms. The molecule has 0 saturated heterocycles. The van der Waals surface area contributed by atoms with Crippen molar-refractivity contribution >= 4 is 39.9 Å². The van der Waals surface area contributed by atoms with Crippen LogP contribution in [0.4, 0.5) is 5.00 Å². The first kappa shape index (κ1) is 20.1. The molecule has 0 atom stereocenters. The van der Waals surface area contributed by atoms with Crippen molar-refractivity contribution in [3.63, 3.8) is 0 Å². The summed E-state index contributed by atoms with van der Waals surface area (Å²) in [5.74, 6) is -0.275. The van der Waals surface area contributed by atoms with Crippen LogP contribution < -0.4 is 11.1 Å². The van der Waals surface area contributed by atoms with Gasteiger partial charge in [-0.1, -0.05) is 83.8 Å². The molecule has 0 aliphatic rings. The van der Waals surface area contributed by atoms with Crippen LogP contribution in [0.15, 0.2) is 65.0 Å². The second kappa shape index (κ2) is 10.1. The summed E-state index contributed by atoms with van der Waals surface area (Å²) >= 11 is 2.65. The van der Waals surface area contributed by atoms with Crippen LogP contribution in [0.25, 0.3) is 11.3 Å². The van der Waals surface area contributed by atoms with Gasteiger partial charge in [0.1, 0.15) is 10.7 Å². The third kappa shape index (κ3) is 5.94. The molecular formula is C21H21N3O2S2. The average molecular weight is 412 g/mol. The van der Waals surface area contributed by atoms with E-state index in [1.165, 1.54) is 28.7 Å². The van der Waals surface area contributed by atoms with Crippen LogP contribution in [0.3, 0.4) is 0 Å². The van der Waals surface area contributed by atoms with Crippen LogP contribution >= 0.6 is 23.1 Å². The number of nitrogens with two attached hydrogens (primary N) is 1. The van der Waals surface area contributed by atoms with Gasteiger partial charge >= 0.3 is 0 Å². The van der Waals surface area contributed by atoms with Gasteiger partial charge in [0.15, 0.2) is 4.34 Å². The maximum Gasteiger partial charge on any atom is 0.227 e. The fourth-order valence-electron chi connectivity index (χ4n) is 2.66. The second-order valence-corrected chi connectivity index (χ2v) is 8.39. The number of aryl methyl sites for hydroxylation is 1. The van der Waals surface area contributed by atoms with Crippen LogP contribution in [0.5, 0.6) is 0 Å². The number of nitrogens with zero attached hydrogens (tertiary/aromatic N) is 1. The van der Waals surface area contributed by atoms with Gasteiger partial charge < -0.3 is 11.1 Å². The summed E-state index contributed by atoms with van der Waals surface area (Å²) in [4.78, 5) is 28.1. The molecule has 0 saturated carbocycles. The van der Waals surface area contributed by atoms with E-state index in [4.69, 9.17) is 5.73 Å². The molecule has 5 nitrogen and oxygen atoms in total. The normalized spacial score (nSPS) is 10.6. The predicted octanol–water partition coefficient (Wildman–Crippen LogP) is 4.35. The molecule has 0 spiro atoms. The van der Waals surface area contributed by atoms with E-state index in [0.29, 0.717) is 21.5 Å². The summed E-state index contributed by atoms with van der Waals surface area (Å²) in [5.41, 5.74) is 8.09. The average Bonchev–Trinajstić information content (AvgIpc) is 3.10. The number of primary amides is 1. The molecule has 0 aliphatic carbocycles. The van der Waals surface area contributed by atoms with E-state index in [-0.39, 0.29) is 11.7 Å². The number of benzene rings is 2. The molecule has 3 N–H and O–H groups in total. The molecule has 3 rings (SSSR count). The Balaban J connectivity index is 1.66. The second-order valence-electron chi connectivity index (χ2n) is 6.17. The Morgan fingerprint density at radius 3 is 2.39 bits per heavy atom. The number of hydrogen-bond acceptors (Lipinski definition) is 5. The number of aromatic nitrogens is 1. The summed E-state index contributed by atoms with van der Waals surface area (Å²) in [7, 11) is 0. The van der Waals surface area contributed by atoms with Crippen molar-refractivity contribution < 1.29 is 9.59 Å². The number of hydrogen-bond donors (Lipinski definition) is 2. The Labute approximate surface area is 172 Å². The quantitative estimate of drug-likeness (QED) is 0.513. The first-order valence-corrected chi connectivity index (χ1v) is 10.7. The van der Waals surface area contributed by atoms with Crippen LogP contribution in [0.1, 0.15) is 18.4 Å². The van der Waals surface area contributed by atoms with Crippen LogP contribution in [0, 0.1) is 0 Å². The van der Waals surface area contributed by atoms with E-state index < -0.39 is 5.91 Å². The van der Waals surface area contributed by atoms with Gasteiger partial charge in [-0.15, -0.1) is 0 Å². The highest BCUT2D eigenvalue weighted by atomic mass is 32.2. The molecule has 1 heterocycles. The zero-order valence-electron chi connectivity index (χ0n) is 15.3. The topological polar surface area (TPSA) is 85.1 Å². The fraction of sp³-hybridized carbons (Fsp3) is 0.190. The molecule has 1 aromatic heterocycles. The zero-order chi connectivity index (χ0) is 19.8. The lowest BCUT2D eigenvalue weighted by Crippen LogP contribution is -2.12. The number of thioether (sulfide) groups is 1. The van der Waals surface area contributed by atoms with E-state index in [0.717, 1.165) is 18.4 Å². The summed E-state index contributed by atoms with van der Waals surface area (Å²) in [6, 6.07) is 19.8. The Kier molecular flexibility index (Phi) is 7.22. The van der Waals surface area contributed by atoms with E-state index in [1.807, 2.05) is 48.5 Å². The summed E-state index contributed by atoms with van der Waals surface area (Å²) in [5, 5.41) is 3.69. The molecule has 2 amide bonds. The predicted molar refractivity (Wildman–Crippen MR) is 115 cm³/mol. The van der Waals surface area contributed by atoms with E-state index in [1.54, 1.807) is 0 Å². The summed E-state index contributed by atoms with van der Waals surface area (Å²) in [6.45, 7) is 0. The third-order valence-electron chi connectivity index (χ3n) is 3.96. The molecule has 144 valence electrons. The van der Waals surface area contributed by atoms with Crippen LogP contribution in [-0.2, 0) is 16.0 Å². The number of rotatable bonds is 9. The summed E-state index contributed by atoms with van der Waals surface area (Å²) in [6.07, 6.45) is 2.07. The SMILES string of the molecule is NC(=O)CSc1nc(-c2ccccc2)c(NC(=O)CCCc2ccccc2)s1. The van der Waals surface area contributed by atoms with Crippen molar-refractivity contribution in [3.05, 3.63) is 66.2 Å². The van der Waals surface area contributed by atoms with Crippen molar-refractivity contribution in [3.8, 4) is 11.3 Å².